The molecule has 1 aliphatic rings. The number of carbonyl (C=O) groups is 1. The quantitative estimate of drug-likeness (QED) is 0.810. The summed E-state index contributed by atoms with van der Waals surface area (Å²) in [6.07, 6.45) is 1.50. The molecule has 0 aliphatic carbocycles. The van der Waals surface area contributed by atoms with Gasteiger partial charge in [-0.15, -0.1) is 0 Å². The molecule has 2 aromatic rings. The molecule has 6 heteroatoms. The highest BCUT2D eigenvalue weighted by Gasteiger charge is 2.21. The van der Waals surface area contributed by atoms with Gasteiger partial charge in [-0.1, -0.05) is 19.9 Å². The van der Waals surface area contributed by atoms with E-state index in [1.54, 1.807) is 6.07 Å². The Bertz CT molecular complexity index is 737. The van der Waals surface area contributed by atoms with Crippen LogP contribution < -0.4 is 14.8 Å². The zero-order valence-electron chi connectivity index (χ0n) is 14.7. The first-order chi connectivity index (χ1) is 12.1. The molecule has 0 bridgehead atoms. The van der Waals surface area contributed by atoms with Crippen LogP contribution in [0.25, 0.3) is 0 Å². The fourth-order valence-corrected chi connectivity index (χ4v) is 2.96. The Morgan fingerprint density at radius 1 is 1.20 bits per heavy atom. The molecule has 0 fully saturated rings. The second-order valence-electron chi connectivity index (χ2n) is 6.25. The maximum absolute atomic E-state index is 11.8. The van der Waals surface area contributed by atoms with E-state index in [1.807, 2.05) is 18.2 Å². The van der Waals surface area contributed by atoms with Crippen LogP contribution in [0.5, 0.6) is 11.5 Å². The van der Waals surface area contributed by atoms with Gasteiger partial charge in [-0.05, 0) is 29.7 Å². The number of furan rings is 1. The van der Waals surface area contributed by atoms with Crippen LogP contribution in [0.4, 0.5) is 0 Å². The Morgan fingerprint density at radius 3 is 2.68 bits per heavy atom. The number of carbonyl (C=O) groups excluding carboxylic acids is 1. The van der Waals surface area contributed by atoms with Gasteiger partial charge >= 0.3 is 5.97 Å². The molecule has 1 N–H and O–H groups in total. The number of rotatable bonds is 6. The largest absolute Gasteiger partial charge is 0.486 e. The molecule has 0 amide bonds. The van der Waals surface area contributed by atoms with Crippen molar-refractivity contribution in [1.82, 2.24) is 5.32 Å². The van der Waals surface area contributed by atoms with Crippen molar-refractivity contribution in [2.75, 3.05) is 20.3 Å². The smallest absolute Gasteiger partial charge is 0.341 e. The van der Waals surface area contributed by atoms with Crippen molar-refractivity contribution in [3.05, 3.63) is 47.4 Å². The van der Waals surface area contributed by atoms with Crippen LogP contribution in [0.2, 0.25) is 0 Å². The van der Waals surface area contributed by atoms with Crippen LogP contribution in [0, 0.1) is 5.92 Å². The molecular weight excluding hydrogens is 322 g/mol. The number of hydrogen-bond acceptors (Lipinski definition) is 6. The summed E-state index contributed by atoms with van der Waals surface area (Å²) in [5, 5.41) is 3.47. The van der Waals surface area contributed by atoms with Crippen molar-refractivity contribution >= 4 is 5.97 Å². The van der Waals surface area contributed by atoms with Crippen LogP contribution in [-0.2, 0) is 11.3 Å². The molecule has 0 radical (unpaired) electrons. The van der Waals surface area contributed by atoms with Crippen molar-refractivity contribution < 1.29 is 23.4 Å². The summed E-state index contributed by atoms with van der Waals surface area (Å²) < 4.78 is 21.5. The molecule has 0 spiro atoms. The summed E-state index contributed by atoms with van der Waals surface area (Å²) >= 11 is 0. The molecule has 134 valence electrons. The lowest BCUT2D eigenvalue weighted by Crippen LogP contribution is -2.26. The molecule has 1 aromatic heterocycles. The Kier molecular flexibility index (Phi) is 5.28. The predicted octanol–water partition coefficient (Wildman–Crippen LogP) is 3.32. The first-order valence-electron chi connectivity index (χ1n) is 8.37. The number of nitrogens with one attached hydrogen (secondary N) is 1. The van der Waals surface area contributed by atoms with E-state index in [9.17, 15) is 4.79 Å². The van der Waals surface area contributed by atoms with Gasteiger partial charge in [0, 0.05) is 6.04 Å². The third-order valence-corrected chi connectivity index (χ3v) is 4.23. The zero-order valence-corrected chi connectivity index (χ0v) is 14.7. The van der Waals surface area contributed by atoms with Crippen molar-refractivity contribution in [3.63, 3.8) is 0 Å². The number of fused-ring (bicyclic) bond motifs is 1. The number of esters is 1. The highest BCUT2D eigenvalue weighted by Crippen LogP contribution is 2.34. The molecule has 25 heavy (non-hydrogen) atoms. The Balaban J connectivity index is 1.76. The number of benzene rings is 1. The summed E-state index contributed by atoms with van der Waals surface area (Å²) in [5.74, 6) is 2.04. The standard InChI is InChI=1S/C19H23NO5/c1-12(2)18(13-4-5-15-16(10-13)25-9-8-24-15)20-11-17-14(6-7-23-17)19(21)22-3/h4-7,10,12,18,20H,8-9,11H2,1-3H3/t18-/m1/s1. The maximum atomic E-state index is 11.8. The molecule has 3 rings (SSSR count). The van der Waals surface area contributed by atoms with E-state index in [-0.39, 0.29) is 6.04 Å². The molecule has 6 nitrogen and oxygen atoms in total. The summed E-state index contributed by atoms with van der Waals surface area (Å²) in [5.41, 5.74) is 1.55. The van der Waals surface area contributed by atoms with E-state index < -0.39 is 5.97 Å². The van der Waals surface area contributed by atoms with Crippen molar-refractivity contribution in [1.29, 1.82) is 0 Å². The van der Waals surface area contributed by atoms with Gasteiger partial charge in [-0.2, -0.15) is 0 Å². The highest BCUT2D eigenvalue weighted by molar-refractivity contribution is 5.90. The minimum atomic E-state index is -0.397. The molecular formula is C19H23NO5. The van der Waals surface area contributed by atoms with E-state index >= 15 is 0 Å². The molecule has 1 aliphatic heterocycles. The minimum Gasteiger partial charge on any atom is -0.486 e. The van der Waals surface area contributed by atoms with Crippen LogP contribution in [0.15, 0.2) is 34.9 Å². The summed E-state index contributed by atoms with van der Waals surface area (Å²) in [6, 6.07) is 7.68. The van der Waals surface area contributed by atoms with E-state index in [0.717, 1.165) is 17.1 Å². The zero-order chi connectivity index (χ0) is 17.8. The van der Waals surface area contributed by atoms with Gasteiger partial charge in [0.2, 0.25) is 0 Å². The molecule has 1 atom stereocenters. The fraction of sp³-hybridized carbons (Fsp3) is 0.421. The monoisotopic (exact) mass is 345 g/mol. The predicted molar refractivity (Wildman–Crippen MR) is 91.9 cm³/mol. The Labute approximate surface area is 147 Å². The first kappa shape index (κ1) is 17.4. The van der Waals surface area contributed by atoms with Gasteiger partial charge in [-0.3, -0.25) is 0 Å². The SMILES string of the molecule is COC(=O)c1ccoc1CN[C@@H](c1ccc2c(c1)OCCO2)C(C)C. The molecule has 0 unspecified atom stereocenters. The van der Waals surface area contributed by atoms with Crippen molar-refractivity contribution in [2.24, 2.45) is 5.92 Å². The number of ether oxygens (including phenoxy) is 3. The average Bonchev–Trinajstić information content (AvgIpc) is 3.09. The average molecular weight is 345 g/mol. The summed E-state index contributed by atoms with van der Waals surface area (Å²) in [6.45, 7) is 5.84. The molecule has 0 saturated heterocycles. The number of methoxy groups -OCH3 is 1. The maximum Gasteiger partial charge on any atom is 0.341 e. The van der Waals surface area contributed by atoms with Crippen molar-refractivity contribution in [2.45, 2.75) is 26.4 Å². The van der Waals surface area contributed by atoms with Gasteiger partial charge in [0.25, 0.3) is 0 Å². The minimum absolute atomic E-state index is 0.0754. The second kappa shape index (κ2) is 7.61. The van der Waals surface area contributed by atoms with E-state index in [4.69, 9.17) is 18.6 Å². The van der Waals surface area contributed by atoms with Crippen LogP contribution >= 0.6 is 0 Å². The van der Waals surface area contributed by atoms with E-state index in [0.29, 0.717) is 37.0 Å². The Hall–Kier alpha value is -2.47. The van der Waals surface area contributed by atoms with Crippen LogP contribution in [0.3, 0.4) is 0 Å². The van der Waals surface area contributed by atoms with Crippen LogP contribution in [-0.4, -0.2) is 26.3 Å². The van der Waals surface area contributed by atoms with Gasteiger partial charge in [0.05, 0.1) is 19.9 Å². The molecule has 2 heterocycles. The van der Waals surface area contributed by atoms with Gasteiger partial charge in [0.1, 0.15) is 24.5 Å². The van der Waals surface area contributed by atoms with Gasteiger partial charge in [-0.25, -0.2) is 4.79 Å². The lowest BCUT2D eigenvalue weighted by molar-refractivity contribution is 0.0598. The third kappa shape index (κ3) is 3.79. The Morgan fingerprint density at radius 2 is 1.96 bits per heavy atom. The van der Waals surface area contributed by atoms with Crippen LogP contribution in [0.1, 0.15) is 41.6 Å². The second-order valence-corrected chi connectivity index (χ2v) is 6.25. The fourth-order valence-electron chi connectivity index (χ4n) is 2.96. The van der Waals surface area contributed by atoms with Gasteiger partial charge < -0.3 is 23.9 Å². The topological polar surface area (TPSA) is 69.9 Å². The third-order valence-electron chi connectivity index (χ3n) is 4.23. The summed E-state index contributed by atoms with van der Waals surface area (Å²) in [4.78, 5) is 11.8. The lowest BCUT2D eigenvalue weighted by atomic mass is 9.95. The van der Waals surface area contributed by atoms with E-state index in [2.05, 4.69) is 19.2 Å². The first-order valence-corrected chi connectivity index (χ1v) is 8.37. The molecule has 1 aromatic carbocycles. The summed E-state index contributed by atoms with van der Waals surface area (Å²) in [7, 11) is 1.36. The highest BCUT2D eigenvalue weighted by atomic mass is 16.6. The normalized spacial score (nSPS) is 14.4. The lowest BCUT2D eigenvalue weighted by Gasteiger charge is -2.25. The van der Waals surface area contributed by atoms with E-state index in [1.165, 1.54) is 13.4 Å². The van der Waals surface area contributed by atoms with Crippen molar-refractivity contribution in [3.8, 4) is 11.5 Å². The molecule has 0 saturated carbocycles. The number of hydrogen-bond donors (Lipinski definition) is 1. The van der Waals surface area contributed by atoms with Gasteiger partial charge in [0.15, 0.2) is 11.5 Å².